The smallest absolute Gasteiger partial charge is 0.358 e. The standard InChI is InChI=1S/C16H16FN3O4S/c1-8(2)12(13(21)20-16(18)23)24-15(22)11-7-25-14(19-11)9-3-5-10(17)6-4-9/h3-8,12H,1-2H3,(H3,18,20,21,23)/t12-/m0/s1. The minimum atomic E-state index is -1.18. The highest BCUT2D eigenvalue weighted by molar-refractivity contribution is 7.13. The number of imide groups is 1. The van der Waals surface area contributed by atoms with E-state index in [2.05, 4.69) is 4.98 Å². The predicted molar refractivity (Wildman–Crippen MR) is 89.3 cm³/mol. The number of nitrogens with one attached hydrogen (secondary N) is 1. The number of nitrogens with two attached hydrogens (primary N) is 1. The molecule has 0 saturated carbocycles. The summed E-state index contributed by atoms with van der Waals surface area (Å²) in [4.78, 5) is 39.0. The van der Waals surface area contributed by atoms with Gasteiger partial charge in [0.05, 0.1) is 0 Å². The molecule has 3 N–H and O–H groups in total. The third-order valence-corrected chi connectivity index (χ3v) is 4.04. The number of rotatable bonds is 5. The van der Waals surface area contributed by atoms with E-state index in [0.29, 0.717) is 10.6 Å². The van der Waals surface area contributed by atoms with E-state index in [1.807, 2.05) is 5.32 Å². The Morgan fingerprint density at radius 1 is 1.24 bits per heavy atom. The van der Waals surface area contributed by atoms with Crippen LogP contribution >= 0.6 is 11.3 Å². The highest BCUT2D eigenvalue weighted by Gasteiger charge is 2.28. The Labute approximate surface area is 147 Å². The molecule has 0 aliphatic heterocycles. The summed E-state index contributed by atoms with van der Waals surface area (Å²) in [5.74, 6) is -2.36. The second-order valence-electron chi connectivity index (χ2n) is 5.47. The lowest BCUT2D eigenvalue weighted by Gasteiger charge is -2.19. The monoisotopic (exact) mass is 365 g/mol. The van der Waals surface area contributed by atoms with Crippen molar-refractivity contribution >= 4 is 29.2 Å². The molecule has 1 atom stereocenters. The zero-order valence-electron chi connectivity index (χ0n) is 13.5. The molecule has 1 heterocycles. The molecule has 7 nitrogen and oxygen atoms in total. The molecule has 2 aromatic rings. The molecule has 1 aromatic carbocycles. The van der Waals surface area contributed by atoms with Gasteiger partial charge >= 0.3 is 12.0 Å². The number of ether oxygens (including phenoxy) is 1. The first-order valence-electron chi connectivity index (χ1n) is 7.30. The van der Waals surface area contributed by atoms with Gasteiger partial charge in [-0.1, -0.05) is 13.8 Å². The van der Waals surface area contributed by atoms with Gasteiger partial charge in [0.2, 0.25) is 0 Å². The fourth-order valence-corrected chi connectivity index (χ4v) is 2.75. The number of urea groups is 1. The van der Waals surface area contributed by atoms with Gasteiger partial charge in [0, 0.05) is 10.9 Å². The molecule has 0 spiro atoms. The quantitative estimate of drug-likeness (QED) is 0.790. The van der Waals surface area contributed by atoms with Crippen LogP contribution in [0.1, 0.15) is 24.3 Å². The minimum Gasteiger partial charge on any atom is -0.447 e. The van der Waals surface area contributed by atoms with Gasteiger partial charge in [0.15, 0.2) is 11.8 Å². The van der Waals surface area contributed by atoms with E-state index in [4.69, 9.17) is 10.5 Å². The minimum absolute atomic E-state index is 0.0156. The number of aromatic nitrogens is 1. The highest BCUT2D eigenvalue weighted by Crippen LogP contribution is 2.24. The number of carbonyl (C=O) groups excluding carboxylic acids is 3. The molecule has 3 amide bonds. The van der Waals surface area contributed by atoms with Crippen LogP contribution in [0.15, 0.2) is 29.6 Å². The summed E-state index contributed by atoms with van der Waals surface area (Å²) < 4.78 is 18.1. The number of amides is 3. The SMILES string of the molecule is CC(C)[C@H](OC(=O)c1csc(-c2ccc(F)cc2)n1)C(=O)NC(N)=O. The van der Waals surface area contributed by atoms with Crippen LogP contribution < -0.4 is 11.1 Å². The van der Waals surface area contributed by atoms with Crippen molar-refractivity contribution in [3.8, 4) is 10.6 Å². The number of carbonyl (C=O) groups is 3. The molecule has 0 fully saturated rings. The summed E-state index contributed by atoms with van der Waals surface area (Å²) in [6, 6.07) is 4.63. The molecule has 0 bridgehead atoms. The number of esters is 1. The maximum absolute atomic E-state index is 13.0. The molecule has 2 rings (SSSR count). The second kappa shape index (κ2) is 7.84. The summed E-state index contributed by atoms with van der Waals surface area (Å²) >= 11 is 1.18. The van der Waals surface area contributed by atoms with Crippen molar-refractivity contribution in [3.63, 3.8) is 0 Å². The van der Waals surface area contributed by atoms with E-state index in [1.54, 1.807) is 26.0 Å². The number of primary amides is 1. The molecule has 25 heavy (non-hydrogen) atoms. The van der Waals surface area contributed by atoms with Gasteiger partial charge in [-0.25, -0.2) is 19.0 Å². The molecular weight excluding hydrogens is 349 g/mol. The van der Waals surface area contributed by atoms with Crippen molar-refractivity contribution in [2.75, 3.05) is 0 Å². The van der Waals surface area contributed by atoms with E-state index in [9.17, 15) is 18.8 Å². The van der Waals surface area contributed by atoms with Crippen molar-refractivity contribution in [2.24, 2.45) is 11.7 Å². The number of hydrogen-bond acceptors (Lipinski definition) is 6. The fourth-order valence-electron chi connectivity index (χ4n) is 1.95. The lowest BCUT2D eigenvalue weighted by molar-refractivity contribution is -0.130. The van der Waals surface area contributed by atoms with Crippen LogP contribution in [0.4, 0.5) is 9.18 Å². The third kappa shape index (κ3) is 4.83. The van der Waals surface area contributed by atoms with Crippen molar-refractivity contribution in [1.82, 2.24) is 10.3 Å². The van der Waals surface area contributed by atoms with E-state index in [-0.39, 0.29) is 17.4 Å². The second-order valence-corrected chi connectivity index (χ2v) is 6.33. The number of hydrogen-bond donors (Lipinski definition) is 2. The van der Waals surface area contributed by atoms with Gasteiger partial charge in [-0.2, -0.15) is 0 Å². The molecular formula is C16H16FN3O4S. The molecule has 132 valence electrons. The zero-order chi connectivity index (χ0) is 18.6. The van der Waals surface area contributed by atoms with E-state index in [1.165, 1.54) is 28.8 Å². The predicted octanol–water partition coefficient (Wildman–Crippen LogP) is 2.33. The Kier molecular flexibility index (Phi) is 5.81. The maximum Gasteiger partial charge on any atom is 0.358 e. The number of nitrogens with zero attached hydrogens (tertiary/aromatic N) is 1. The summed E-state index contributed by atoms with van der Waals surface area (Å²) in [5, 5.41) is 3.87. The van der Waals surface area contributed by atoms with Crippen LogP contribution in [0.25, 0.3) is 10.6 Å². The van der Waals surface area contributed by atoms with Gasteiger partial charge in [-0.3, -0.25) is 10.1 Å². The van der Waals surface area contributed by atoms with Gasteiger partial charge in [0.25, 0.3) is 5.91 Å². The van der Waals surface area contributed by atoms with Crippen molar-refractivity contribution in [1.29, 1.82) is 0 Å². The normalized spacial score (nSPS) is 11.8. The van der Waals surface area contributed by atoms with Crippen LogP contribution in [-0.4, -0.2) is 29.0 Å². The Morgan fingerprint density at radius 2 is 1.88 bits per heavy atom. The Bertz CT molecular complexity index is 789. The summed E-state index contributed by atoms with van der Waals surface area (Å²) in [6.07, 6.45) is -1.18. The molecule has 0 unspecified atom stereocenters. The Morgan fingerprint density at radius 3 is 2.44 bits per heavy atom. The molecule has 0 radical (unpaired) electrons. The molecule has 0 saturated heterocycles. The van der Waals surface area contributed by atoms with E-state index < -0.39 is 24.0 Å². The highest BCUT2D eigenvalue weighted by atomic mass is 32.1. The summed E-state index contributed by atoms with van der Waals surface area (Å²) in [7, 11) is 0. The average Bonchev–Trinajstić information content (AvgIpc) is 3.02. The zero-order valence-corrected chi connectivity index (χ0v) is 14.3. The average molecular weight is 365 g/mol. The molecule has 1 aromatic heterocycles. The van der Waals surface area contributed by atoms with Crippen molar-refractivity contribution < 1.29 is 23.5 Å². The van der Waals surface area contributed by atoms with Crippen molar-refractivity contribution in [3.05, 3.63) is 41.2 Å². The third-order valence-electron chi connectivity index (χ3n) is 3.15. The topological polar surface area (TPSA) is 111 Å². The first-order chi connectivity index (χ1) is 11.8. The van der Waals surface area contributed by atoms with Crippen LogP contribution in [0, 0.1) is 11.7 Å². The van der Waals surface area contributed by atoms with Crippen molar-refractivity contribution in [2.45, 2.75) is 20.0 Å². The van der Waals surface area contributed by atoms with Gasteiger partial charge < -0.3 is 10.5 Å². The molecule has 0 aliphatic carbocycles. The number of benzene rings is 1. The Balaban J connectivity index is 2.13. The van der Waals surface area contributed by atoms with E-state index in [0.717, 1.165) is 0 Å². The first kappa shape index (κ1) is 18.5. The van der Waals surface area contributed by atoms with Gasteiger partial charge in [0.1, 0.15) is 10.8 Å². The molecule has 9 heteroatoms. The fraction of sp³-hybridized carbons (Fsp3) is 0.250. The van der Waals surface area contributed by atoms with Gasteiger partial charge in [-0.05, 0) is 30.2 Å². The number of halogens is 1. The number of thiazole rings is 1. The van der Waals surface area contributed by atoms with E-state index >= 15 is 0 Å². The largest absolute Gasteiger partial charge is 0.447 e. The summed E-state index contributed by atoms with van der Waals surface area (Å²) in [5.41, 5.74) is 5.57. The lowest BCUT2D eigenvalue weighted by Crippen LogP contribution is -2.45. The molecule has 0 aliphatic rings. The lowest BCUT2D eigenvalue weighted by atomic mass is 10.1. The first-order valence-corrected chi connectivity index (χ1v) is 8.18. The summed E-state index contributed by atoms with van der Waals surface area (Å²) in [6.45, 7) is 3.31. The van der Waals surface area contributed by atoms with Crippen LogP contribution in [0.3, 0.4) is 0 Å². The van der Waals surface area contributed by atoms with Crippen LogP contribution in [0.2, 0.25) is 0 Å². The maximum atomic E-state index is 13.0. The Hall–Kier alpha value is -2.81. The van der Waals surface area contributed by atoms with Gasteiger partial charge in [-0.15, -0.1) is 11.3 Å². The van der Waals surface area contributed by atoms with Crippen LogP contribution in [0.5, 0.6) is 0 Å². The van der Waals surface area contributed by atoms with Crippen LogP contribution in [-0.2, 0) is 9.53 Å².